The van der Waals surface area contributed by atoms with Gasteiger partial charge < -0.3 is 5.32 Å². The molecular formula is C21H16Cl3N3OS. The topological polar surface area (TPSA) is 54.4 Å². The maximum absolute atomic E-state index is 12.5. The lowest BCUT2D eigenvalue weighted by Gasteiger charge is -2.13. The van der Waals surface area contributed by atoms with Crippen molar-refractivity contribution in [3.05, 3.63) is 81.6 Å². The predicted molar refractivity (Wildman–Crippen MR) is 123 cm³/mol. The number of amides is 1. The van der Waals surface area contributed by atoms with Gasteiger partial charge in [-0.05, 0) is 61.5 Å². The van der Waals surface area contributed by atoms with Crippen molar-refractivity contribution in [2.45, 2.75) is 17.1 Å². The van der Waals surface area contributed by atoms with Crippen LogP contribution in [-0.2, 0) is 4.79 Å². The van der Waals surface area contributed by atoms with Crippen molar-refractivity contribution in [1.82, 2.24) is 4.98 Å². The Morgan fingerprint density at radius 3 is 2.62 bits per heavy atom. The average molecular weight is 465 g/mol. The highest BCUT2D eigenvalue weighted by atomic mass is 35.5. The second-order valence-electron chi connectivity index (χ2n) is 6.01. The molecule has 0 fully saturated rings. The normalized spacial score (nSPS) is 12.1. The monoisotopic (exact) mass is 463 g/mol. The number of halogens is 3. The number of nitrogens with zero attached hydrogens (tertiary/aromatic N) is 2. The number of carbonyl (C=O) groups excluding carboxylic acids is 1. The molecule has 0 bridgehead atoms. The van der Waals surface area contributed by atoms with E-state index < -0.39 is 0 Å². The Morgan fingerprint density at radius 1 is 1.14 bits per heavy atom. The fraction of sp³-hybridized carbons (Fsp3) is 0.0952. The maximum atomic E-state index is 12.5. The summed E-state index contributed by atoms with van der Waals surface area (Å²) in [6, 6.07) is 16.2. The van der Waals surface area contributed by atoms with E-state index in [0.717, 1.165) is 16.1 Å². The van der Waals surface area contributed by atoms with Crippen LogP contribution >= 0.6 is 46.6 Å². The van der Waals surface area contributed by atoms with E-state index in [1.54, 1.807) is 36.7 Å². The number of aromatic nitrogens is 1. The summed E-state index contributed by atoms with van der Waals surface area (Å²) in [5.74, 6) is -0.160. The van der Waals surface area contributed by atoms with Gasteiger partial charge in [0.1, 0.15) is 5.15 Å². The highest BCUT2D eigenvalue weighted by Gasteiger charge is 2.16. The molecule has 1 amide bonds. The van der Waals surface area contributed by atoms with Crippen molar-refractivity contribution in [3.63, 3.8) is 0 Å². The van der Waals surface area contributed by atoms with Crippen LogP contribution in [0, 0.1) is 0 Å². The van der Waals surface area contributed by atoms with E-state index >= 15 is 0 Å². The fourth-order valence-electron chi connectivity index (χ4n) is 2.33. The predicted octanol–water partition coefficient (Wildman–Crippen LogP) is 6.91. The van der Waals surface area contributed by atoms with E-state index in [9.17, 15) is 4.79 Å². The molecule has 1 N–H and O–H groups in total. The van der Waals surface area contributed by atoms with Crippen molar-refractivity contribution in [2.75, 3.05) is 5.32 Å². The number of hydrogen-bond donors (Lipinski definition) is 1. The van der Waals surface area contributed by atoms with E-state index in [4.69, 9.17) is 34.8 Å². The number of anilines is 1. The Labute approximate surface area is 188 Å². The highest BCUT2D eigenvalue weighted by Crippen LogP contribution is 2.29. The van der Waals surface area contributed by atoms with Gasteiger partial charge in [-0.1, -0.05) is 34.8 Å². The van der Waals surface area contributed by atoms with Crippen LogP contribution in [0.5, 0.6) is 0 Å². The zero-order valence-corrected chi connectivity index (χ0v) is 18.4. The van der Waals surface area contributed by atoms with E-state index in [1.807, 2.05) is 37.3 Å². The first kappa shape index (κ1) is 21.7. The highest BCUT2D eigenvalue weighted by molar-refractivity contribution is 8.00. The molecule has 0 saturated carbocycles. The quantitative estimate of drug-likeness (QED) is 0.245. The Kier molecular flexibility index (Phi) is 7.56. The molecule has 0 aliphatic rings. The molecule has 3 rings (SSSR count). The smallest absolute Gasteiger partial charge is 0.237 e. The van der Waals surface area contributed by atoms with Gasteiger partial charge in [0.05, 0.1) is 21.6 Å². The number of benzene rings is 2. The third-order valence-electron chi connectivity index (χ3n) is 3.85. The van der Waals surface area contributed by atoms with Gasteiger partial charge in [-0.25, -0.2) is 4.98 Å². The summed E-state index contributed by atoms with van der Waals surface area (Å²) in [7, 11) is 0. The Morgan fingerprint density at radius 2 is 1.90 bits per heavy atom. The first-order chi connectivity index (χ1) is 13.9. The first-order valence-electron chi connectivity index (χ1n) is 8.59. The van der Waals surface area contributed by atoms with E-state index in [-0.39, 0.29) is 11.2 Å². The van der Waals surface area contributed by atoms with Crippen LogP contribution in [0.25, 0.3) is 0 Å². The summed E-state index contributed by atoms with van der Waals surface area (Å²) in [5, 5.41) is 3.84. The van der Waals surface area contributed by atoms with Crippen LogP contribution in [0.1, 0.15) is 12.5 Å². The van der Waals surface area contributed by atoms with Crippen molar-refractivity contribution in [3.8, 4) is 0 Å². The van der Waals surface area contributed by atoms with Crippen LogP contribution in [0.4, 0.5) is 11.4 Å². The molecule has 0 aliphatic heterocycles. The van der Waals surface area contributed by atoms with Crippen molar-refractivity contribution in [2.24, 2.45) is 4.99 Å². The molecule has 3 aromatic rings. The minimum absolute atomic E-state index is 0.160. The summed E-state index contributed by atoms with van der Waals surface area (Å²) in [5.41, 5.74) is 2.02. The Bertz CT molecular complexity index is 1040. The fourth-order valence-corrected chi connectivity index (χ4v) is 3.71. The molecule has 1 aromatic heterocycles. The van der Waals surface area contributed by atoms with Crippen LogP contribution in [0.15, 0.2) is 70.7 Å². The molecular weight excluding hydrogens is 449 g/mol. The molecule has 148 valence electrons. The largest absolute Gasteiger partial charge is 0.324 e. The lowest BCUT2D eigenvalue weighted by molar-refractivity contribution is -0.115. The molecule has 0 saturated heterocycles. The lowest BCUT2D eigenvalue weighted by atomic mass is 10.3. The second kappa shape index (κ2) is 10.1. The maximum Gasteiger partial charge on any atom is 0.237 e. The zero-order chi connectivity index (χ0) is 20.8. The van der Waals surface area contributed by atoms with Gasteiger partial charge in [0.2, 0.25) is 5.91 Å². The van der Waals surface area contributed by atoms with Gasteiger partial charge in [0.25, 0.3) is 0 Å². The van der Waals surface area contributed by atoms with E-state index in [0.29, 0.717) is 20.9 Å². The number of thioether (sulfide) groups is 1. The van der Waals surface area contributed by atoms with Gasteiger partial charge in [-0.2, -0.15) is 0 Å². The van der Waals surface area contributed by atoms with Crippen LogP contribution in [0.2, 0.25) is 15.2 Å². The number of aliphatic imine (C=N–C) groups is 1. The number of nitrogens with one attached hydrogen (secondary N) is 1. The van der Waals surface area contributed by atoms with Gasteiger partial charge >= 0.3 is 0 Å². The van der Waals surface area contributed by atoms with Crippen LogP contribution in [-0.4, -0.2) is 22.4 Å². The van der Waals surface area contributed by atoms with E-state index in [1.165, 1.54) is 11.8 Å². The first-order valence-corrected chi connectivity index (χ1v) is 10.6. The molecule has 8 heteroatoms. The number of hydrogen-bond acceptors (Lipinski definition) is 4. The Balaban J connectivity index is 1.61. The summed E-state index contributed by atoms with van der Waals surface area (Å²) < 4.78 is 0. The molecule has 0 spiro atoms. The van der Waals surface area contributed by atoms with Gasteiger partial charge in [0.15, 0.2) is 0 Å². The molecule has 4 nitrogen and oxygen atoms in total. The van der Waals surface area contributed by atoms with E-state index in [2.05, 4.69) is 15.3 Å². The minimum atomic E-state index is -0.325. The third-order valence-corrected chi connectivity index (χ3v) is 5.84. The number of rotatable bonds is 6. The summed E-state index contributed by atoms with van der Waals surface area (Å²) >= 11 is 19.5. The molecule has 1 heterocycles. The lowest BCUT2D eigenvalue weighted by Crippen LogP contribution is -2.22. The SMILES string of the molecule is C[C@H](Sc1ccc(N=Cc2cccnc2Cl)cc1)C(=O)Nc1cc(Cl)ccc1Cl. The standard InChI is InChI=1S/C21H16Cl3N3OS/c1-13(21(28)27-19-11-15(22)4-9-18(19)23)29-17-7-5-16(6-8-17)26-12-14-3-2-10-25-20(14)24/h2-13H,1H3,(H,27,28)/t13-/m0/s1. The Hall–Kier alpha value is -2.05. The molecule has 2 aromatic carbocycles. The molecule has 0 unspecified atom stereocenters. The number of carbonyl (C=O) groups is 1. The summed E-state index contributed by atoms with van der Waals surface area (Å²) in [6.45, 7) is 1.83. The van der Waals surface area contributed by atoms with Crippen molar-refractivity contribution in [1.29, 1.82) is 0 Å². The van der Waals surface area contributed by atoms with Crippen molar-refractivity contribution < 1.29 is 4.79 Å². The van der Waals surface area contributed by atoms with Gasteiger partial charge in [-0.15, -0.1) is 11.8 Å². The molecule has 29 heavy (non-hydrogen) atoms. The van der Waals surface area contributed by atoms with Gasteiger partial charge in [0, 0.05) is 27.9 Å². The molecule has 1 atom stereocenters. The summed E-state index contributed by atoms with van der Waals surface area (Å²) in [4.78, 5) is 21.8. The van der Waals surface area contributed by atoms with Crippen molar-refractivity contribution >= 4 is 70.1 Å². The summed E-state index contributed by atoms with van der Waals surface area (Å²) in [6.07, 6.45) is 3.30. The average Bonchev–Trinajstić information content (AvgIpc) is 2.71. The van der Waals surface area contributed by atoms with Gasteiger partial charge in [-0.3, -0.25) is 9.79 Å². The third kappa shape index (κ3) is 6.21. The minimum Gasteiger partial charge on any atom is -0.324 e. The number of pyridine rings is 1. The van der Waals surface area contributed by atoms with Crippen LogP contribution in [0.3, 0.4) is 0 Å². The zero-order valence-electron chi connectivity index (χ0n) is 15.3. The molecule has 0 radical (unpaired) electrons. The molecule has 0 aliphatic carbocycles. The second-order valence-corrected chi connectivity index (χ2v) is 8.62. The van der Waals surface area contributed by atoms with Crippen LogP contribution < -0.4 is 5.32 Å².